The maximum atomic E-state index is 13.4. The predicted molar refractivity (Wildman–Crippen MR) is 98.8 cm³/mol. The average Bonchev–Trinajstić information content (AvgIpc) is 2.55. The molecule has 0 unspecified atom stereocenters. The van der Waals surface area contributed by atoms with Gasteiger partial charge in [0.15, 0.2) is 0 Å². The number of hydrogen-bond donors (Lipinski definition) is 2. The summed E-state index contributed by atoms with van der Waals surface area (Å²) in [5.41, 5.74) is 0.796. The fourth-order valence-corrected chi connectivity index (χ4v) is 3.01. The number of benzene rings is 2. The van der Waals surface area contributed by atoms with Crippen LogP contribution in [0.3, 0.4) is 0 Å². The van der Waals surface area contributed by atoms with E-state index in [-0.39, 0.29) is 21.5 Å². The molecule has 2 aromatic carbocycles. The summed E-state index contributed by atoms with van der Waals surface area (Å²) in [6.07, 6.45) is 0. The zero-order chi connectivity index (χ0) is 19.4. The summed E-state index contributed by atoms with van der Waals surface area (Å²) in [6.45, 7) is 1.81. The first-order chi connectivity index (χ1) is 12.2. The van der Waals surface area contributed by atoms with E-state index in [1.807, 2.05) is 23.9 Å². The van der Waals surface area contributed by atoms with E-state index in [1.54, 1.807) is 0 Å². The van der Waals surface area contributed by atoms with Gasteiger partial charge in [-0.3, -0.25) is 0 Å². The number of aromatic hydroxyl groups is 2. The Labute approximate surface area is 161 Å². The summed E-state index contributed by atoms with van der Waals surface area (Å²) in [5, 5.41) is 19.8. The lowest BCUT2D eigenvalue weighted by Crippen LogP contribution is -2.30. The molecule has 0 atom stereocenters. The van der Waals surface area contributed by atoms with Crippen molar-refractivity contribution in [2.75, 3.05) is 27.2 Å². The lowest BCUT2D eigenvalue weighted by Gasteiger charge is -2.23. The van der Waals surface area contributed by atoms with E-state index < -0.39 is 11.6 Å². The van der Waals surface area contributed by atoms with Gasteiger partial charge in [0.2, 0.25) is 0 Å². The molecule has 0 saturated carbocycles. The maximum Gasteiger partial charge on any atom is 0.138 e. The highest BCUT2D eigenvalue weighted by Crippen LogP contribution is 2.30. The monoisotopic (exact) mass is 404 g/mol. The third kappa shape index (κ3) is 5.45. The van der Waals surface area contributed by atoms with Gasteiger partial charge >= 0.3 is 0 Å². The Morgan fingerprint density at radius 1 is 0.769 bits per heavy atom. The first kappa shape index (κ1) is 20.7. The van der Waals surface area contributed by atoms with Gasteiger partial charge in [0.25, 0.3) is 0 Å². The Kier molecular flexibility index (Phi) is 7.06. The van der Waals surface area contributed by atoms with Gasteiger partial charge in [0, 0.05) is 37.3 Å². The minimum absolute atomic E-state index is 0.0241. The van der Waals surface area contributed by atoms with E-state index in [9.17, 15) is 19.0 Å². The Morgan fingerprint density at radius 3 is 1.46 bits per heavy atom. The highest BCUT2D eigenvalue weighted by atomic mass is 35.5. The summed E-state index contributed by atoms with van der Waals surface area (Å²) < 4.78 is 26.9. The molecule has 26 heavy (non-hydrogen) atoms. The summed E-state index contributed by atoms with van der Waals surface area (Å²) in [5.74, 6) is -1.28. The van der Waals surface area contributed by atoms with Gasteiger partial charge in [-0.2, -0.15) is 0 Å². The maximum absolute atomic E-state index is 13.4. The van der Waals surface area contributed by atoms with Crippen LogP contribution in [-0.2, 0) is 13.1 Å². The zero-order valence-corrected chi connectivity index (χ0v) is 16.0. The molecule has 4 nitrogen and oxygen atoms in total. The van der Waals surface area contributed by atoms with Crippen molar-refractivity contribution in [3.8, 4) is 11.5 Å². The van der Waals surface area contributed by atoms with Gasteiger partial charge in [0.1, 0.15) is 23.1 Å². The SMILES string of the molecule is CN(CCN(C)Cc1cc(F)cc(Cl)c1O)Cc1cc(F)cc(Cl)c1O. The smallest absolute Gasteiger partial charge is 0.138 e. The quantitative estimate of drug-likeness (QED) is 0.723. The predicted octanol–water partition coefficient (Wildman–Crippen LogP) is 4.25. The fraction of sp³-hybridized carbons (Fsp3) is 0.333. The molecule has 0 aromatic heterocycles. The molecule has 2 aromatic rings. The second-order valence-electron chi connectivity index (χ2n) is 6.27. The Balaban J connectivity index is 1.92. The molecule has 0 bridgehead atoms. The van der Waals surface area contributed by atoms with E-state index in [4.69, 9.17) is 23.2 Å². The van der Waals surface area contributed by atoms with Crippen LogP contribution in [0.15, 0.2) is 24.3 Å². The van der Waals surface area contributed by atoms with Crippen molar-refractivity contribution < 1.29 is 19.0 Å². The fourth-order valence-electron chi connectivity index (χ4n) is 2.56. The first-order valence-corrected chi connectivity index (χ1v) is 8.63. The number of phenolic OH excluding ortho intramolecular Hbond substituents is 2. The van der Waals surface area contributed by atoms with Crippen LogP contribution in [0.4, 0.5) is 8.78 Å². The third-order valence-electron chi connectivity index (χ3n) is 3.96. The van der Waals surface area contributed by atoms with E-state index in [0.717, 1.165) is 12.1 Å². The summed E-state index contributed by atoms with van der Waals surface area (Å²) in [6, 6.07) is 4.61. The molecule has 0 spiro atoms. The summed E-state index contributed by atoms with van der Waals surface area (Å²) >= 11 is 11.6. The second kappa shape index (κ2) is 8.86. The highest BCUT2D eigenvalue weighted by Gasteiger charge is 2.13. The normalized spacial score (nSPS) is 11.5. The number of rotatable bonds is 7. The van der Waals surface area contributed by atoms with Crippen molar-refractivity contribution in [3.05, 3.63) is 57.1 Å². The largest absolute Gasteiger partial charge is 0.506 e. The number of phenols is 2. The van der Waals surface area contributed by atoms with Crippen LogP contribution in [-0.4, -0.2) is 47.2 Å². The van der Waals surface area contributed by atoms with Gasteiger partial charge in [0.05, 0.1) is 10.0 Å². The average molecular weight is 405 g/mol. The van der Waals surface area contributed by atoms with Crippen LogP contribution in [0.25, 0.3) is 0 Å². The van der Waals surface area contributed by atoms with Crippen LogP contribution in [0, 0.1) is 11.6 Å². The molecule has 0 radical (unpaired) electrons. The molecule has 0 amide bonds. The molecule has 2 N–H and O–H groups in total. The van der Waals surface area contributed by atoms with Gasteiger partial charge in [-0.1, -0.05) is 23.2 Å². The van der Waals surface area contributed by atoms with E-state index in [0.29, 0.717) is 37.3 Å². The molecular formula is C18H20Cl2F2N2O2. The van der Waals surface area contributed by atoms with Crippen molar-refractivity contribution in [3.63, 3.8) is 0 Å². The Bertz CT molecular complexity index is 725. The standard InChI is InChI=1S/C18H20Cl2F2N2O2/c1-23(9-11-5-13(21)7-15(19)17(11)25)3-4-24(2)10-12-6-14(22)8-16(20)18(12)26/h5-8,25-26H,3-4,9-10H2,1-2H3. The lowest BCUT2D eigenvalue weighted by atomic mass is 10.1. The van der Waals surface area contributed by atoms with Crippen molar-refractivity contribution in [2.45, 2.75) is 13.1 Å². The highest BCUT2D eigenvalue weighted by molar-refractivity contribution is 6.32. The van der Waals surface area contributed by atoms with Crippen LogP contribution >= 0.6 is 23.2 Å². The van der Waals surface area contributed by atoms with Crippen LogP contribution in [0.1, 0.15) is 11.1 Å². The molecule has 0 saturated heterocycles. The van der Waals surface area contributed by atoms with Gasteiger partial charge in [-0.15, -0.1) is 0 Å². The molecule has 2 rings (SSSR count). The molecule has 0 fully saturated rings. The number of hydrogen-bond acceptors (Lipinski definition) is 4. The minimum Gasteiger partial charge on any atom is -0.506 e. The van der Waals surface area contributed by atoms with Crippen molar-refractivity contribution in [1.29, 1.82) is 0 Å². The summed E-state index contributed by atoms with van der Waals surface area (Å²) in [4.78, 5) is 3.78. The van der Waals surface area contributed by atoms with Crippen molar-refractivity contribution >= 4 is 23.2 Å². The number of halogens is 4. The zero-order valence-electron chi connectivity index (χ0n) is 14.4. The molecule has 142 valence electrons. The van der Waals surface area contributed by atoms with E-state index in [2.05, 4.69) is 0 Å². The molecular weight excluding hydrogens is 385 g/mol. The van der Waals surface area contributed by atoms with E-state index in [1.165, 1.54) is 12.1 Å². The van der Waals surface area contributed by atoms with Crippen molar-refractivity contribution in [2.24, 2.45) is 0 Å². The van der Waals surface area contributed by atoms with Gasteiger partial charge < -0.3 is 20.0 Å². The van der Waals surface area contributed by atoms with Crippen LogP contribution < -0.4 is 0 Å². The van der Waals surface area contributed by atoms with Gasteiger partial charge in [-0.05, 0) is 38.4 Å². The second-order valence-corrected chi connectivity index (χ2v) is 7.08. The molecule has 0 aliphatic heterocycles. The molecule has 0 heterocycles. The minimum atomic E-state index is -0.508. The Hall–Kier alpha value is -1.60. The molecule has 0 aliphatic rings. The Morgan fingerprint density at radius 2 is 1.12 bits per heavy atom. The third-order valence-corrected chi connectivity index (χ3v) is 4.53. The summed E-state index contributed by atoms with van der Waals surface area (Å²) in [7, 11) is 3.64. The first-order valence-electron chi connectivity index (χ1n) is 7.88. The van der Waals surface area contributed by atoms with Crippen molar-refractivity contribution in [1.82, 2.24) is 9.80 Å². The van der Waals surface area contributed by atoms with Crippen LogP contribution in [0.5, 0.6) is 11.5 Å². The van der Waals surface area contributed by atoms with E-state index >= 15 is 0 Å². The number of likely N-dealkylation sites (N-methyl/N-ethyl adjacent to an activating group) is 2. The lowest BCUT2D eigenvalue weighted by molar-refractivity contribution is 0.243. The number of nitrogens with zero attached hydrogens (tertiary/aromatic N) is 2. The van der Waals surface area contributed by atoms with Gasteiger partial charge in [-0.25, -0.2) is 8.78 Å². The molecule has 0 aliphatic carbocycles. The topological polar surface area (TPSA) is 46.9 Å². The van der Waals surface area contributed by atoms with Crippen LogP contribution in [0.2, 0.25) is 10.0 Å². The molecule has 8 heteroatoms.